The standard InChI is InChI=1S/C28H48O9SSi/c1-16-12-13-19(37-39(10,11)25(3,4)5)27(8)20(16)22(35-17(2)29)24(36-38(9,33)34)28(32)15-14-18(26(28,6)7)21(30)23(27)31/h18-22,24,30,32H,1,12-15H2,2-11H3/t18?,19-,20-,21+,22-,24-,27+,28+/m0/s1. The summed E-state index contributed by atoms with van der Waals surface area (Å²) in [5.74, 6) is -2.86. The molecule has 224 valence electrons. The summed E-state index contributed by atoms with van der Waals surface area (Å²) in [7, 11) is -6.61. The third-order valence-corrected chi connectivity index (χ3v) is 15.5. The highest BCUT2D eigenvalue weighted by Gasteiger charge is 2.70. The Morgan fingerprint density at radius 1 is 1.15 bits per heavy atom. The van der Waals surface area contributed by atoms with Crippen LogP contribution in [0.3, 0.4) is 0 Å². The molecular weight excluding hydrogens is 540 g/mol. The van der Waals surface area contributed by atoms with E-state index in [9.17, 15) is 28.2 Å². The van der Waals surface area contributed by atoms with Crippen LogP contribution in [0.1, 0.15) is 74.1 Å². The first-order chi connectivity index (χ1) is 17.4. The molecule has 9 nitrogen and oxygen atoms in total. The number of Topliss-reactive ketones (excluding diaryl/α,β-unsaturated/α-hetero) is 1. The van der Waals surface area contributed by atoms with Gasteiger partial charge in [0, 0.05) is 24.2 Å². The highest BCUT2D eigenvalue weighted by atomic mass is 32.2. The monoisotopic (exact) mass is 588 g/mol. The largest absolute Gasteiger partial charge is 0.459 e. The number of hydrogen-bond acceptors (Lipinski definition) is 9. The first-order valence-corrected chi connectivity index (χ1v) is 18.5. The molecule has 0 saturated heterocycles. The molecule has 0 aromatic rings. The Morgan fingerprint density at radius 2 is 1.72 bits per heavy atom. The fraction of sp³-hybridized carbons (Fsp3) is 0.857. The Balaban J connectivity index is 2.37. The Bertz CT molecular complexity index is 1120. The summed E-state index contributed by atoms with van der Waals surface area (Å²) in [6, 6.07) is 0. The molecule has 0 amide bonds. The second-order valence-electron chi connectivity index (χ2n) is 14.2. The van der Waals surface area contributed by atoms with E-state index in [0.717, 1.165) is 6.26 Å². The SMILES string of the molecule is C=C1CC[C@H](O[Si](C)(C)C(C)(C)C)[C@@]2(C)C(=O)[C@H](O)C3CC[C@@](O)([C@@H](OS(C)(=O)=O)[C@@H](OC(C)=O)[C@H]12)C3(C)C. The quantitative estimate of drug-likeness (QED) is 0.213. The van der Waals surface area contributed by atoms with Crippen molar-refractivity contribution in [2.75, 3.05) is 6.26 Å². The Kier molecular flexibility index (Phi) is 8.32. The lowest BCUT2D eigenvalue weighted by atomic mass is 9.57. The van der Waals surface area contributed by atoms with Crippen LogP contribution in [0.15, 0.2) is 12.2 Å². The molecule has 3 aliphatic rings. The molecule has 3 aliphatic carbocycles. The van der Waals surface area contributed by atoms with E-state index in [2.05, 4.69) is 40.4 Å². The number of fused-ring (bicyclic) bond motifs is 3. The summed E-state index contributed by atoms with van der Waals surface area (Å²) in [6.07, 6.45) is -2.98. The van der Waals surface area contributed by atoms with Gasteiger partial charge in [0.25, 0.3) is 10.1 Å². The molecule has 39 heavy (non-hydrogen) atoms. The normalized spacial score (nSPS) is 39.4. The van der Waals surface area contributed by atoms with Crippen LogP contribution < -0.4 is 0 Å². The molecule has 0 aliphatic heterocycles. The van der Waals surface area contributed by atoms with Crippen molar-refractivity contribution < 1.29 is 41.6 Å². The lowest BCUT2D eigenvalue weighted by molar-refractivity contribution is -0.197. The number of esters is 1. The molecule has 3 rings (SSSR count). The molecule has 0 aromatic heterocycles. The van der Waals surface area contributed by atoms with Gasteiger partial charge in [0.05, 0.1) is 17.8 Å². The third kappa shape index (κ3) is 5.32. The molecule has 11 heteroatoms. The van der Waals surface area contributed by atoms with Crippen LogP contribution in [0.2, 0.25) is 18.1 Å². The van der Waals surface area contributed by atoms with E-state index in [1.807, 2.05) is 0 Å². The van der Waals surface area contributed by atoms with E-state index in [-0.39, 0.29) is 17.9 Å². The van der Waals surface area contributed by atoms with Crippen molar-refractivity contribution in [3.8, 4) is 0 Å². The van der Waals surface area contributed by atoms with Crippen LogP contribution >= 0.6 is 0 Å². The van der Waals surface area contributed by atoms with Crippen molar-refractivity contribution in [1.82, 2.24) is 0 Å². The molecule has 2 N–H and O–H groups in total. The van der Waals surface area contributed by atoms with Crippen molar-refractivity contribution in [2.45, 2.75) is 122 Å². The minimum Gasteiger partial charge on any atom is -0.459 e. The first kappa shape index (κ1) is 32.4. The highest BCUT2D eigenvalue weighted by Crippen LogP contribution is 2.61. The molecule has 0 spiro atoms. The number of ether oxygens (including phenoxy) is 1. The fourth-order valence-corrected chi connectivity index (χ4v) is 9.10. The molecule has 3 fully saturated rings. The van der Waals surface area contributed by atoms with E-state index in [0.29, 0.717) is 18.4 Å². The second kappa shape index (κ2) is 10.0. The van der Waals surface area contributed by atoms with Gasteiger partial charge in [-0.05, 0) is 50.7 Å². The van der Waals surface area contributed by atoms with Gasteiger partial charge in [0.15, 0.2) is 14.1 Å². The van der Waals surface area contributed by atoms with Crippen LogP contribution in [0.25, 0.3) is 0 Å². The number of rotatable bonds is 5. The summed E-state index contributed by atoms with van der Waals surface area (Å²) in [6.45, 7) is 21.0. The average molecular weight is 589 g/mol. The predicted octanol–water partition coefficient (Wildman–Crippen LogP) is 3.74. The maximum absolute atomic E-state index is 14.6. The highest BCUT2D eigenvalue weighted by molar-refractivity contribution is 7.86. The Hall–Kier alpha value is -1.11. The zero-order valence-electron chi connectivity index (χ0n) is 25.2. The lowest BCUT2D eigenvalue weighted by Gasteiger charge is -2.54. The first-order valence-electron chi connectivity index (χ1n) is 13.8. The van der Waals surface area contributed by atoms with Crippen LogP contribution in [0.5, 0.6) is 0 Å². The Labute approximate surface area is 234 Å². The van der Waals surface area contributed by atoms with Gasteiger partial charge >= 0.3 is 5.97 Å². The van der Waals surface area contributed by atoms with Crippen molar-refractivity contribution in [2.24, 2.45) is 22.7 Å². The molecule has 0 heterocycles. The van der Waals surface area contributed by atoms with Gasteiger partial charge in [-0.2, -0.15) is 8.42 Å². The minimum atomic E-state index is -4.16. The van der Waals surface area contributed by atoms with Gasteiger partial charge in [-0.15, -0.1) is 0 Å². The van der Waals surface area contributed by atoms with Gasteiger partial charge < -0.3 is 19.4 Å². The smallest absolute Gasteiger partial charge is 0.303 e. The van der Waals surface area contributed by atoms with Crippen molar-refractivity contribution >= 4 is 30.2 Å². The van der Waals surface area contributed by atoms with Crippen molar-refractivity contribution in [1.29, 1.82) is 0 Å². The maximum atomic E-state index is 14.6. The van der Waals surface area contributed by atoms with Gasteiger partial charge in [0.2, 0.25) is 0 Å². The van der Waals surface area contributed by atoms with Gasteiger partial charge in [-0.3, -0.25) is 13.8 Å². The van der Waals surface area contributed by atoms with E-state index in [1.165, 1.54) is 6.92 Å². The molecule has 0 radical (unpaired) electrons. The van der Waals surface area contributed by atoms with Gasteiger partial charge in [-0.25, -0.2) is 0 Å². The third-order valence-electron chi connectivity index (χ3n) is 10.5. The number of aliphatic hydroxyl groups is 2. The topological polar surface area (TPSA) is 136 Å². The molecule has 3 saturated carbocycles. The lowest BCUT2D eigenvalue weighted by Crippen LogP contribution is -2.64. The van der Waals surface area contributed by atoms with Crippen LogP contribution in [0.4, 0.5) is 0 Å². The van der Waals surface area contributed by atoms with Crippen molar-refractivity contribution in [3.63, 3.8) is 0 Å². The van der Waals surface area contributed by atoms with E-state index in [1.54, 1.807) is 20.8 Å². The van der Waals surface area contributed by atoms with Crippen LogP contribution in [0, 0.1) is 22.7 Å². The average Bonchev–Trinajstić information content (AvgIpc) is 3.00. The van der Waals surface area contributed by atoms with E-state index < -0.39 is 82.9 Å². The van der Waals surface area contributed by atoms with Crippen LogP contribution in [-0.2, 0) is 33.1 Å². The van der Waals surface area contributed by atoms with Gasteiger partial charge in [-0.1, -0.05) is 46.8 Å². The summed E-state index contributed by atoms with van der Waals surface area (Å²) in [4.78, 5) is 27.1. The summed E-state index contributed by atoms with van der Waals surface area (Å²) >= 11 is 0. The van der Waals surface area contributed by atoms with E-state index >= 15 is 0 Å². The molecule has 2 bridgehead atoms. The van der Waals surface area contributed by atoms with Crippen LogP contribution in [-0.4, -0.2) is 75.0 Å². The number of ketones is 1. The molecule has 8 atom stereocenters. The fourth-order valence-electron chi connectivity index (χ4n) is 7.03. The molecular formula is C28H48O9SSi. The molecule has 0 aromatic carbocycles. The van der Waals surface area contributed by atoms with Gasteiger partial charge in [0.1, 0.15) is 23.9 Å². The predicted molar refractivity (Wildman–Crippen MR) is 150 cm³/mol. The zero-order valence-corrected chi connectivity index (χ0v) is 27.0. The summed E-state index contributed by atoms with van der Waals surface area (Å²) < 4.78 is 43.6. The second-order valence-corrected chi connectivity index (χ2v) is 20.6. The maximum Gasteiger partial charge on any atom is 0.303 e. The summed E-state index contributed by atoms with van der Waals surface area (Å²) in [5, 5.41) is 23.8. The summed E-state index contributed by atoms with van der Waals surface area (Å²) in [5.41, 5.74) is -3.90. The number of aliphatic hydroxyl groups excluding tert-OH is 1. The number of carbonyl (C=O) groups excluding carboxylic acids is 2. The molecule has 1 unspecified atom stereocenters. The Morgan fingerprint density at radius 3 is 2.21 bits per heavy atom. The van der Waals surface area contributed by atoms with Crippen molar-refractivity contribution in [3.05, 3.63) is 12.2 Å². The van der Waals surface area contributed by atoms with E-state index in [4.69, 9.17) is 13.3 Å². The number of hydrogen-bond donors (Lipinski definition) is 2. The minimum absolute atomic E-state index is 0.0484. The zero-order chi connectivity index (χ0) is 30.1. The number of carbonyl (C=O) groups is 2.